The van der Waals surface area contributed by atoms with Crippen molar-refractivity contribution in [1.82, 2.24) is 4.31 Å². The molecule has 1 fully saturated rings. The summed E-state index contributed by atoms with van der Waals surface area (Å²) in [6.07, 6.45) is 1.76. The number of hydrogen-bond acceptors (Lipinski definition) is 3. The van der Waals surface area contributed by atoms with Crippen molar-refractivity contribution in [2.75, 3.05) is 17.8 Å². The molecule has 2 N–H and O–H groups in total. The Morgan fingerprint density at radius 1 is 1.48 bits per heavy atom. The fourth-order valence-corrected chi connectivity index (χ4v) is 3.70. The zero-order valence-corrected chi connectivity index (χ0v) is 12.4. The minimum Gasteiger partial charge on any atom is -0.478 e. The van der Waals surface area contributed by atoms with Gasteiger partial charge in [-0.15, -0.1) is 0 Å². The number of aromatic carboxylic acids is 1. The highest BCUT2D eigenvalue weighted by atomic mass is 32.2. The monoisotopic (exact) mass is 316 g/mol. The number of rotatable bonds is 4. The number of piperidine rings is 1. The highest BCUT2D eigenvalue weighted by Crippen LogP contribution is 2.21. The number of halogens is 1. The molecule has 0 amide bonds. The number of carboxylic acids is 1. The molecule has 1 aliphatic heterocycles. The van der Waals surface area contributed by atoms with Crippen LogP contribution in [-0.4, -0.2) is 36.9 Å². The van der Waals surface area contributed by atoms with Crippen molar-refractivity contribution < 1.29 is 22.7 Å². The Bertz CT molecular complexity index is 648. The number of anilines is 1. The van der Waals surface area contributed by atoms with Crippen LogP contribution in [0.3, 0.4) is 0 Å². The Balaban J connectivity index is 2.20. The molecule has 0 bridgehead atoms. The molecule has 1 saturated heterocycles. The summed E-state index contributed by atoms with van der Waals surface area (Å²) >= 11 is 0. The van der Waals surface area contributed by atoms with Crippen LogP contribution in [0.1, 0.15) is 30.1 Å². The molecule has 6 nitrogen and oxygen atoms in total. The van der Waals surface area contributed by atoms with Crippen LogP contribution in [-0.2, 0) is 10.2 Å². The van der Waals surface area contributed by atoms with Crippen LogP contribution in [0.2, 0.25) is 0 Å². The van der Waals surface area contributed by atoms with Gasteiger partial charge in [-0.1, -0.05) is 6.92 Å². The number of benzene rings is 1. The van der Waals surface area contributed by atoms with E-state index in [4.69, 9.17) is 5.11 Å². The number of nitrogens with one attached hydrogen (secondary N) is 1. The summed E-state index contributed by atoms with van der Waals surface area (Å²) in [6.45, 7) is 2.82. The van der Waals surface area contributed by atoms with Gasteiger partial charge in [0.2, 0.25) is 0 Å². The van der Waals surface area contributed by atoms with E-state index in [0.717, 1.165) is 25.0 Å². The fraction of sp³-hybridized carbons (Fsp3) is 0.462. The van der Waals surface area contributed by atoms with E-state index in [0.29, 0.717) is 13.1 Å². The van der Waals surface area contributed by atoms with Crippen LogP contribution in [0.15, 0.2) is 18.2 Å². The third-order valence-electron chi connectivity index (χ3n) is 3.40. The van der Waals surface area contributed by atoms with E-state index in [-0.39, 0.29) is 11.6 Å². The molecule has 1 aromatic carbocycles. The molecule has 21 heavy (non-hydrogen) atoms. The highest BCUT2D eigenvalue weighted by Gasteiger charge is 2.27. The molecule has 0 spiro atoms. The van der Waals surface area contributed by atoms with Crippen molar-refractivity contribution in [3.8, 4) is 0 Å². The van der Waals surface area contributed by atoms with Gasteiger partial charge >= 0.3 is 16.2 Å². The van der Waals surface area contributed by atoms with Crippen molar-refractivity contribution >= 4 is 21.9 Å². The van der Waals surface area contributed by atoms with Crippen LogP contribution < -0.4 is 4.72 Å². The van der Waals surface area contributed by atoms with E-state index in [1.54, 1.807) is 0 Å². The minimum atomic E-state index is -3.76. The lowest BCUT2D eigenvalue weighted by Gasteiger charge is -2.30. The molecular formula is C13H17FN2O4S. The average molecular weight is 316 g/mol. The second-order valence-corrected chi connectivity index (χ2v) is 6.88. The Kier molecular flexibility index (Phi) is 4.48. The topological polar surface area (TPSA) is 86.7 Å². The first-order valence-corrected chi connectivity index (χ1v) is 8.04. The molecule has 1 aliphatic rings. The summed E-state index contributed by atoms with van der Waals surface area (Å²) in [5.41, 5.74) is -0.533. The smallest absolute Gasteiger partial charge is 0.338 e. The molecule has 0 radical (unpaired) electrons. The van der Waals surface area contributed by atoms with E-state index in [2.05, 4.69) is 4.72 Å². The maximum atomic E-state index is 13.3. The maximum Gasteiger partial charge on any atom is 0.338 e. The Hall–Kier alpha value is -1.67. The number of carbonyl (C=O) groups is 1. The van der Waals surface area contributed by atoms with E-state index in [1.165, 1.54) is 10.4 Å². The van der Waals surface area contributed by atoms with Crippen molar-refractivity contribution in [1.29, 1.82) is 0 Å². The second-order valence-electron chi connectivity index (χ2n) is 5.21. The van der Waals surface area contributed by atoms with Crippen molar-refractivity contribution in [2.45, 2.75) is 19.8 Å². The third kappa shape index (κ3) is 3.70. The van der Waals surface area contributed by atoms with Gasteiger partial charge < -0.3 is 5.11 Å². The molecule has 2 rings (SSSR count). The lowest BCUT2D eigenvalue weighted by Crippen LogP contribution is -2.42. The molecule has 0 saturated carbocycles. The first-order valence-electron chi connectivity index (χ1n) is 6.60. The van der Waals surface area contributed by atoms with Crippen LogP contribution in [0, 0.1) is 11.7 Å². The van der Waals surface area contributed by atoms with Gasteiger partial charge in [-0.2, -0.15) is 12.7 Å². The zero-order chi connectivity index (χ0) is 15.6. The van der Waals surface area contributed by atoms with Crippen LogP contribution in [0.4, 0.5) is 10.1 Å². The average Bonchev–Trinajstić information content (AvgIpc) is 2.40. The van der Waals surface area contributed by atoms with Gasteiger partial charge in [-0.25, -0.2) is 9.18 Å². The summed E-state index contributed by atoms with van der Waals surface area (Å²) in [5, 5.41) is 8.84. The molecule has 8 heteroatoms. The van der Waals surface area contributed by atoms with Crippen LogP contribution in [0.25, 0.3) is 0 Å². The lowest BCUT2D eigenvalue weighted by molar-refractivity contribution is 0.0692. The molecule has 1 atom stereocenters. The predicted octanol–water partition coefficient (Wildman–Crippen LogP) is 1.91. The standard InChI is InChI=1S/C13H17FN2O4S/c1-9-3-2-6-16(8-9)21(19,20)15-10-4-5-12(14)11(7-10)13(17)18/h4-5,7,9,15H,2-3,6,8H2,1H3,(H,17,18). The number of nitrogens with zero attached hydrogens (tertiary/aromatic N) is 1. The molecule has 1 heterocycles. The maximum absolute atomic E-state index is 13.3. The quantitative estimate of drug-likeness (QED) is 0.888. The van der Waals surface area contributed by atoms with Crippen molar-refractivity contribution in [2.24, 2.45) is 5.92 Å². The highest BCUT2D eigenvalue weighted by molar-refractivity contribution is 7.90. The number of carboxylic acid groups (broad SMARTS) is 1. The molecule has 1 unspecified atom stereocenters. The first kappa shape index (κ1) is 15.7. The molecule has 0 aromatic heterocycles. The summed E-state index contributed by atoms with van der Waals surface area (Å²) in [6, 6.07) is 3.11. The Morgan fingerprint density at radius 3 is 2.81 bits per heavy atom. The van der Waals surface area contributed by atoms with E-state index >= 15 is 0 Å². The van der Waals surface area contributed by atoms with Crippen molar-refractivity contribution in [3.05, 3.63) is 29.6 Å². The van der Waals surface area contributed by atoms with Gasteiger partial charge in [0.15, 0.2) is 0 Å². The summed E-state index contributed by atoms with van der Waals surface area (Å²) < 4.78 is 41.4. The summed E-state index contributed by atoms with van der Waals surface area (Å²) in [5.74, 6) is -2.07. The largest absolute Gasteiger partial charge is 0.478 e. The second kappa shape index (κ2) is 5.98. The Morgan fingerprint density at radius 2 is 2.19 bits per heavy atom. The SMILES string of the molecule is CC1CCCN(S(=O)(=O)Nc2ccc(F)c(C(=O)O)c2)C1. The molecule has 1 aromatic rings. The van der Waals surface area contributed by atoms with Gasteiger partial charge in [0.05, 0.1) is 11.3 Å². The van der Waals surface area contributed by atoms with E-state index < -0.39 is 27.6 Å². The van der Waals surface area contributed by atoms with Gasteiger partial charge in [-0.3, -0.25) is 4.72 Å². The predicted molar refractivity (Wildman–Crippen MR) is 75.9 cm³/mol. The Labute approximate surface area is 122 Å². The summed E-state index contributed by atoms with van der Waals surface area (Å²) in [4.78, 5) is 10.9. The van der Waals surface area contributed by atoms with Gasteiger partial charge in [-0.05, 0) is 37.0 Å². The molecular weight excluding hydrogens is 299 g/mol. The van der Waals surface area contributed by atoms with Gasteiger partial charge in [0.25, 0.3) is 0 Å². The molecule has 116 valence electrons. The lowest BCUT2D eigenvalue weighted by atomic mass is 10.0. The van der Waals surface area contributed by atoms with Gasteiger partial charge in [0, 0.05) is 13.1 Å². The number of hydrogen-bond donors (Lipinski definition) is 2. The molecule has 0 aliphatic carbocycles. The van der Waals surface area contributed by atoms with E-state index in [9.17, 15) is 17.6 Å². The van der Waals surface area contributed by atoms with Crippen LogP contribution in [0.5, 0.6) is 0 Å². The fourth-order valence-electron chi connectivity index (χ4n) is 2.33. The minimum absolute atomic E-state index is 0.0343. The third-order valence-corrected chi connectivity index (χ3v) is 4.91. The normalized spacial score (nSPS) is 20.2. The van der Waals surface area contributed by atoms with Crippen molar-refractivity contribution in [3.63, 3.8) is 0 Å². The summed E-state index contributed by atoms with van der Waals surface area (Å²) in [7, 11) is -3.76. The van der Waals surface area contributed by atoms with Gasteiger partial charge in [0.1, 0.15) is 5.82 Å². The first-order chi connectivity index (χ1) is 9.79. The zero-order valence-electron chi connectivity index (χ0n) is 11.5. The van der Waals surface area contributed by atoms with Crippen LogP contribution >= 0.6 is 0 Å². The van der Waals surface area contributed by atoms with E-state index in [1.807, 2.05) is 6.92 Å².